The smallest absolute Gasteiger partial charge is 0.312 e. The van der Waals surface area contributed by atoms with Gasteiger partial charge < -0.3 is 23.8 Å². The second kappa shape index (κ2) is 9.39. The molecule has 0 aliphatic carbocycles. The van der Waals surface area contributed by atoms with Crippen molar-refractivity contribution < 1.29 is 12.3 Å². The fraction of sp³-hybridized carbons (Fsp3) is 1.00. The van der Waals surface area contributed by atoms with E-state index in [4.69, 9.17) is 23.8 Å². The molecule has 0 aliphatic rings. The molecule has 0 unspecified atom stereocenters. The average molecular weight is 397 g/mol. The van der Waals surface area contributed by atoms with Crippen molar-refractivity contribution in [2.24, 2.45) is 11.5 Å². The van der Waals surface area contributed by atoms with Gasteiger partial charge in [-0.05, 0) is 90.4 Å². The lowest BCUT2D eigenvalue weighted by Gasteiger charge is -2.41. The molecule has 0 aromatic heterocycles. The van der Waals surface area contributed by atoms with Crippen molar-refractivity contribution in [2.45, 2.75) is 77.3 Å². The molecule has 0 radical (unpaired) electrons. The first-order valence-electron chi connectivity index (χ1n) is 8.75. The molecule has 0 heterocycles. The third-order valence-corrected chi connectivity index (χ3v) is 18.5. The minimum Gasteiger partial charge on any atom is -0.437 e. The summed E-state index contributed by atoms with van der Waals surface area (Å²) in [6.07, 6.45) is 2.04. The fourth-order valence-corrected chi connectivity index (χ4v) is 22.6. The van der Waals surface area contributed by atoms with E-state index in [0.29, 0.717) is 0 Å². The molecular formula is C14H40N2O3Si4. The van der Waals surface area contributed by atoms with Gasteiger partial charge in [0, 0.05) is 0 Å². The average Bonchev–Trinajstić information content (AvgIpc) is 2.28. The summed E-state index contributed by atoms with van der Waals surface area (Å²) in [4.78, 5) is 0. The maximum absolute atomic E-state index is 6.69. The van der Waals surface area contributed by atoms with Crippen molar-refractivity contribution in [2.75, 3.05) is 13.1 Å². The molecule has 4 N–H and O–H groups in total. The van der Waals surface area contributed by atoms with Gasteiger partial charge in [-0.2, -0.15) is 0 Å². The van der Waals surface area contributed by atoms with Crippen molar-refractivity contribution in [3.05, 3.63) is 0 Å². The Bertz CT molecular complexity index is 341. The molecule has 0 saturated heterocycles. The van der Waals surface area contributed by atoms with Crippen molar-refractivity contribution in [3.63, 3.8) is 0 Å². The highest BCUT2D eigenvalue weighted by atomic mass is 28.5. The maximum atomic E-state index is 6.69. The molecule has 0 saturated carbocycles. The normalized spacial score (nSPS) is 14.3. The zero-order chi connectivity index (χ0) is 18.4. The van der Waals surface area contributed by atoms with Gasteiger partial charge >= 0.3 is 17.1 Å². The number of rotatable bonds is 12. The van der Waals surface area contributed by atoms with Gasteiger partial charge in [-0.15, -0.1) is 0 Å². The van der Waals surface area contributed by atoms with Crippen LogP contribution in [0, 0.1) is 0 Å². The molecular weight excluding hydrogens is 357 g/mol. The molecule has 0 rings (SSSR count). The molecule has 0 atom stereocenters. The first-order chi connectivity index (χ1) is 10.2. The Morgan fingerprint density at radius 1 is 0.609 bits per heavy atom. The predicted molar refractivity (Wildman–Crippen MR) is 110 cm³/mol. The van der Waals surface area contributed by atoms with Gasteiger partial charge in [-0.1, -0.05) is 0 Å². The SMILES string of the molecule is C[Si](C)(C)O[Si](C)(C)O[Si](C)(C)O[Si](C)(CCCN)CCCN. The van der Waals surface area contributed by atoms with E-state index in [1.807, 2.05) is 0 Å². The summed E-state index contributed by atoms with van der Waals surface area (Å²) in [5.41, 5.74) is 11.4. The van der Waals surface area contributed by atoms with E-state index in [1.54, 1.807) is 0 Å². The van der Waals surface area contributed by atoms with Crippen LogP contribution in [-0.2, 0) is 12.3 Å². The number of hydrogen-bond acceptors (Lipinski definition) is 5. The van der Waals surface area contributed by atoms with E-state index < -0.39 is 33.8 Å². The van der Waals surface area contributed by atoms with Gasteiger partial charge in [0.05, 0.1) is 0 Å². The summed E-state index contributed by atoms with van der Waals surface area (Å²) >= 11 is 0. The van der Waals surface area contributed by atoms with Crippen LogP contribution in [0.5, 0.6) is 0 Å². The minimum absolute atomic E-state index is 0.719. The zero-order valence-electron chi connectivity index (χ0n) is 16.6. The molecule has 0 bridgehead atoms. The standard InChI is InChI=1S/C14H40N2O3Si4/c1-20(2,3)17-21(4,5)18-22(6,7)19-23(8,13-9-11-15)14-10-12-16/h9-16H2,1-8H3. The second-order valence-electron chi connectivity index (χ2n) is 8.45. The summed E-state index contributed by atoms with van der Waals surface area (Å²) in [5.74, 6) is 0. The highest BCUT2D eigenvalue weighted by Gasteiger charge is 2.43. The summed E-state index contributed by atoms with van der Waals surface area (Å²) in [7, 11) is -7.84. The van der Waals surface area contributed by atoms with Crippen molar-refractivity contribution >= 4 is 33.8 Å². The molecule has 0 amide bonds. The van der Waals surface area contributed by atoms with Crippen LogP contribution in [0.2, 0.25) is 64.5 Å². The Morgan fingerprint density at radius 2 is 1.00 bits per heavy atom. The Kier molecular flexibility index (Phi) is 9.66. The van der Waals surface area contributed by atoms with Crippen LogP contribution in [0.15, 0.2) is 0 Å². The molecule has 23 heavy (non-hydrogen) atoms. The Labute approximate surface area is 148 Å². The highest BCUT2D eigenvalue weighted by molar-refractivity contribution is 6.89. The van der Waals surface area contributed by atoms with Crippen molar-refractivity contribution in [1.82, 2.24) is 0 Å². The number of nitrogens with two attached hydrogens (primary N) is 2. The van der Waals surface area contributed by atoms with Gasteiger partial charge in [0.2, 0.25) is 0 Å². The van der Waals surface area contributed by atoms with E-state index in [9.17, 15) is 0 Å². The van der Waals surface area contributed by atoms with Crippen LogP contribution in [0.1, 0.15) is 12.8 Å². The van der Waals surface area contributed by atoms with Crippen LogP contribution in [0.25, 0.3) is 0 Å². The lowest BCUT2D eigenvalue weighted by Crippen LogP contribution is -2.56. The quantitative estimate of drug-likeness (QED) is 0.493. The summed E-state index contributed by atoms with van der Waals surface area (Å²) in [5, 5.41) is 0. The minimum atomic E-state index is -2.23. The summed E-state index contributed by atoms with van der Waals surface area (Å²) in [6.45, 7) is 19.0. The fourth-order valence-electron chi connectivity index (χ4n) is 3.14. The largest absolute Gasteiger partial charge is 0.437 e. The third-order valence-electron chi connectivity index (χ3n) is 3.36. The lowest BCUT2D eigenvalue weighted by atomic mass is 10.5. The van der Waals surface area contributed by atoms with Crippen LogP contribution < -0.4 is 11.5 Å². The Hall–Kier alpha value is 0.668. The first-order valence-corrected chi connectivity index (χ1v) is 20.6. The van der Waals surface area contributed by atoms with Gasteiger partial charge in [0.1, 0.15) is 0 Å². The van der Waals surface area contributed by atoms with E-state index in [1.165, 1.54) is 0 Å². The molecule has 0 aromatic rings. The zero-order valence-corrected chi connectivity index (χ0v) is 20.6. The molecule has 0 aromatic carbocycles. The van der Waals surface area contributed by atoms with E-state index in [0.717, 1.165) is 38.0 Å². The van der Waals surface area contributed by atoms with Gasteiger partial charge in [-0.3, -0.25) is 0 Å². The van der Waals surface area contributed by atoms with Crippen molar-refractivity contribution in [1.29, 1.82) is 0 Å². The van der Waals surface area contributed by atoms with Gasteiger partial charge in [-0.25, -0.2) is 0 Å². The van der Waals surface area contributed by atoms with Crippen LogP contribution in [-0.4, -0.2) is 46.8 Å². The van der Waals surface area contributed by atoms with Crippen molar-refractivity contribution in [3.8, 4) is 0 Å². The van der Waals surface area contributed by atoms with Crippen LogP contribution in [0.4, 0.5) is 0 Å². The summed E-state index contributed by atoms with van der Waals surface area (Å²) < 4.78 is 19.5. The molecule has 0 aliphatic heterocycles. The lowest BCUT2D eigenvalue weighted by molar-refractivity contribution is 0.327. The van der Waals surface area contributed by atoms with E-state index in [-0.39, 0.29) is 0 Å². The van der Waals surface area contributed by atoms with Gasteiger partial charge in [0.15, 0.2) is 16.6 Å². The molecule has 9 heteroatoms. The topological polar surface area (TPSA) is 79.7 Å². The molecule has 0 fully saturated rings. The second-order valence-corrected chi connectivity index (χ2v) is 24.6. The molecule has 140 valence electrons. The Balaban J connectivity index is 4.93. The van der Waals surface area contributed by atoms with Gasteiger partial charge in [0.25, 0.3) is 0 Å². The first kappa shape index (κ1) is 23.7. The highest BCUT2D eigenvalue weighted by Crippen LogP contribution is 2.28. The maximum Gasteiger partial charge on any atom is 0.312 e. The third kappa shape index (κ3) is 11.8. The van der Waals surface area contributed by atoms with E-state index >= 15 is 0 Å². The molecule has 0 spiro atoms. The van der Waals surface area contributed by atoms with E-state index in [2.05, 4.69) is 52.4 Å². The van der Waals surface area contributed by atoms with Crippen LogP contribution in [0.3, 0.4) is 0 Å². The number of hydrogen-bond donors (Lipinski definition) is 2. The summed E-state index contributed by atoms with van der Waals surface area (Å²) in [6, 6.07) is 2.17. The van der Waals surface area contributed by atoms with Crippen LogP contribution >= 0.6 is 0 Å². The molecule has 5 nitrogen and oxygen atoms in total. The Morgan fingerprint density at radius 3 is 1.35 bits per heavy atom. The monoisotopic (exact) mass is 396 g/mol. The predicted octanol–water partition coefficient (Wildman–Crippen LogP) is 3.55.